The summed E-state index contributed by atoms with van der Waals surface area (Å²) >= 11 is 0. The van der Waals surface area contributed by atoms with Crippen LogP contribution < -0.4 is 156 Å². The number of rotatable bonds is 66. The molecule has 0 aromatic rings. The van der Waals surface area contributed by atoms with Crippen LogP contribution in [0.3, 0.4) is 0 Å². The number of likely N-dealkylation sites (tertiary alicyclic amines) is 1. The Labute approximate surface area is 809 Å². The van der Waals surface area contributed by atoms with E-state index in [4.69, 9.17) is 55.4 Å². The van der Waals surface area contributed by atoms with E-state index in [-0.39, 0.29) is 103 Å². The maximum absolute atomic E-state index is 14.5. The van der Waals surface area contributed by atoms with Gasteiger partial charge >= 0.3 is 17.9 Å². The molecule has 790 valence electrons. The third-order valence-corrected chi connectivity index (χ3v) is 20.6. The Morgan fingerprint density at radius 2 is 0.617 bits per heavy atom. The highest BCUT2D eigenvalue weighted by Crippen LogP contribution is 2.21. The normalized spacial score (nSPS) is 14.6. The highest BCUT2D eigenvalue weighted by molar-refractivity contribution is 6.02. The number of nitrogens with zero attached hydrogens (tertiary/aromatic N) is 1. The molecule has 0 aromatic carbocycles. The zero-order valence-electron chi connectivity index (χ0n) is 79.8. The first-order chi connectivity index (χ1) is 66.1. The molecule has 41 N–H and O–H groups in total. The van der Waals surface area contributed by atoms with Crippen LogP contribution in [-0.2, 0) is 115 Å². The van der Waals surface area contributed by atoms with Gasteiger partial charge in [0.25, 0.3) is 0 Å². The van der Waals surface area contributed by atoms with E-state index in [1.54, 1.807) is 41.5 Å². The minimum atomic E-state index is -2.03. The van der Waals surface area contributed by atoms with E-state index in [1.807, 2.05) is 5.32 Å². The number of guanidine groups is 4. The Bertz CT molecular complexity index is 4450. The summed E-state index contributed by atoms with van der Waals surface area (Å²) in [6, 6.07) is -20.0. The quantitative estimate of drug-likeness (QED) is 0.0153. The van der Waals surface area contributed by atoms with E-state index in [2.05, 4.69) is 122 Å². The van der Waals surface area contributed by atoms with Crippen LogP contribution in [0.2, 0.25) is 0 Å². The molecule has 141 heavy (non-hydrogen) atoms. The van der Waals surface area contributed by atoms with Gasteiger partial charge in [-0.3, -0.25) is 132 Å². The van der Waals surface area contributed by atoms with Crippen molar-refractivity contribution in [2.75, 3.05) is 91.6 Å². The molecule has 21 amide bonds. The van der Waals surface area contributed by atoms with Crippen molar-refractivity contribution < 1.29 is 130 Å². The van der Waals surface area contributed by atoms with E-state index >= 15 is 0 Å². The van der Waals surface area contributed by atoms with Crippen LogP contribution in [0.15, 0.2) is 0 Å². The number of hydrogen-bond donors (Lipinski definition) is 36. The molecule has 14 atom stereocenters. The van der Waals surface area contributed by atoms with E-state index in [0.717, 1.165) is 6.92 Å². The van der Waals surface area contributed by atoms with Crippen molar-refractivity contribution in [3.8, 4) is 0 Å². The number of carbonyl (C=O) groups is 24. The number of carboxylic acid groups (broad SMARTS) is 3. The molecule has 0 bridgehead atoms. The first kappa shape index (κ1) is 123. The summed E-state index contributed by atoms with van der Waals surface area (Å²) in [5, 5.41) is 115. The van der Waals surface area contributed by atoms with E-state index < -0.39 is 327 Å². The van der Waals surface area contributed by atoms with Gasteiger partial charge in [0.1, 0.15) is 78.5 Å². The van der Waals surface area contributed by atoms with Gasteiger partial charge in [-0.15, -0.1) is 0 Å². The fraction of sp³-hybridized carbons (Fsp3) is 0.650. The minimum Gasteiger partial charge on any atom is -0.481 e. The summed E-state index contributed by atoms with van der Waals surface area (Å²) in [7, 11) is 0. The van der Waals surface area contributed by atoms with Crippen LogP contribution in [0.4, 0.5) is 0 Å². The van der Waals surface area contributed by atoms with Gasteiger partial charge in [0.05, 0.1) is 71.7 Å². The van der Waals surface area contributed by atoms with Crippen LogP contribution in [0.1, 0.15) is 146 Å². The maximum atomic E-state index is 14.5. The predicted molar refractivity (Wildman–Crippen MR) is 496 cm³/mol. The maximum Gasteiger partial charge on any atom is 0.326 e. The highest BCUT2D eigenvalue weighted by atomic mass is 16.4. The molecular weight excluding hydrogens is 1870 g/mol. The van der Waals surface area contributed by atoms with Gasteiger partial charge in [-0.2, -0.15) is 0 Å². The molecule has 1 aliphatic rings. The Balaban J connectivity index is 3.25. The second-order valence-corrected chi connectivity index (χ2v) is 33.0. The molecule has 0 saturated carbocycles. The first-order valence-corrected chi connectivity index (χ1v) is 44.9. The second-order valence-electron chi connectivity index (χ2n) is 33.0. The van der Waals surface area contributed by atoms with Crippen LogP contribution in [-0.4, -0.2) is 356 Å². The van der Waals surface area contributed by atoms with Crippen molar-refractivity contribution in [3.05, 3.63) is 0 Å². The van der Waals surface area contributed by atoms with Crippen LogP contribution in [0.25, 0.3) is 0 Å². The molecule has 61 heteroatoms. The number of hydrogen-bond acceptors (Lipinski definition) is 29. The van der Waals surface area contributed by atoms with Crippen LogP contribution in [0, 0.1) is 39.4 Å². The highest BCUT2D eigenvalue weighted by Gasteiger charge is 2.42. The van der Waals surface area contributed by atoms with Gasteiger partial charge in [-0.25, -0.2) is 4.79 Å². The molecule has 0 radical (unpaired) electrons. The summed E-state index contributed by atoms with van der Waals surface area (Å²) in [4.78, 5) is 316. The fourth-order valence-corrected chi connectivity index (χ4v) is 12.7. The fourth-order valence-electron chi connectivity index (χ4n) is 12.7. The van der Waals surface area contributed by atoms with Crippen molar-refractivity contribution in [1.29, 1.82) is 21.6 Å². The van der Waals surface area contributed by atoms with Gasteiger partial charge in [0, 0.05) is 32.7 Å². The van der Waals surface area contributed by atoms with Gasteiger partial charge in [0.15, 0.2) is 23.8 Å². The van der Waals surface area contributed by atoms with Crippen molar-refractivity contribution >= 4 is 166 Å². The number of nitrogens with one attached hydrogen (secondary N) is 28. The number of amides is 21. The summed E-state index contributed by atoms with van der Waals surface area (Å²) in [5.41, 5.74) is 26.9. The van der Waals surface area contributed by atoms with Crippen molar-refractivity contribution in [3.63, 3.8) is 0 Å². The zero-order chi connectivity index (χ0) is 107. The summed E-state index contributed by atoms with van der Waals surface area (Å²) < 4.78 is 0. The van der Waals surface area contributed by atoms with Gasteiger partial charge < -0.3 is 176 Å². The average Bonchev–Trinajstić information content (AvgIpc) is 1.72. The minimum absolute atomic E-state index is 0.0105. The molecule has 1 heterocycles. The summed E-state index contributed by atoms with van der Waals surface area (Å²) in [6.07, 6.45) is -2.31. The van der Waals surface area contributed by atoms with E-state index in [1.165, 1.54) is 18.7 Å². The predicted octanol–water partition coefficient (Wildman–Crippen LogP) is -15.8. The van der Waals surface area contributed by atoms with E-state index in [9.17, 15) is 125 Å². The third-order valence-electron chi connectivity index (χ3n) is 20.6. The molecule has 1 rings (SSSR count). The molecule has 1 saturated heterocycles. The molecular formula is C80H138N34O27. The smallest absolute Gasteiger partial charge is 0.326 e. The standard InChI is InChI=1S/C80H138N34O27/c1-10-39(6)63(111-58(123)35-99-54(119)32-95-51(116)29-94-50(115)28-81)74(138)112-61(37(2)3)73(137)109-46(19-14-24-93-80(88)89)70(134)107-44(17-12-22-91-78(84)85)68(132)104-41(8)65(129)110-47(26-59(124)125)71(135)108-45(18-13-23-92-79(86)87)69(133)103-40(7)64(128)102-42(9)66(130)113-62(38(4)5)75(139)114-25-15-20-49(114)72(136)101-33-55(120)97-30-52(117)96-31-53(118)98-34-56(121)105-43(16-11-21-90-77(82)83)67(131)100-36-57(122)106-48(76(140)141)27-60(126)127/h37-49,61-63H,10-36,81H2,1-9H3,(H,94,115)(H,95,116)(H,96,117)(H,97,120)(H,98,118)(H,99,119)(H,100,131)(H,101,136)(H,102,128)(H,103,133)(H,104,132)(H,105,121)(H,106,122)(H,107,134)(H,108,135)(H,109,137)(H,110,129)(H,111,123)(H,112,138)(H,113,130)(H,124,125)(H,126,127)(H,140,141)(H4,82,83,90)(H4,84,85,91)(H4,86,87,92)(H4,88,89,93)/t39-,40-,41-,42-,43-,44-,45-,46-,47-,48-,49-,61-,62-,63-/m0/s1. The Hall–Kier alpha value is -15.7. The molecule has 0 aromatic heterocycles. The number of carboxylic acids is 3. The van der Waals surface area contributed by atoms with Crippen molar-refractivity contribution in [2.45, 2.75) is 224 Å². The van der Waals surface area contributed by atoms with E-state index in [0.29, 0.717) is 6.42 Å². The lowest BCUT2D eigenvalue weighted by Gasteiger charge is -2.31. The van der Waals surface area contributed by atoms with Crippen LogP contribution in [0.5, 0.6) is 0 Å². The van der Waals surface area contributed by atoms with Crippen molar-refractivity contribution in [1.82, 2.24) is 133 Å². The SMILES string of the molecule is CC[C@H](C)[C@H](NC(=O)CNC(=O)CNC(=O)CNC(=O)CN)C(=O)N[C@H](C(=O)N[C@@H](CCCNC(=N)N)C(=O)N[C@@H](CCCNC(=N)N)C(=O)N[C@@H](C)C(=O)N[C@@H](CC(=O)O)C(=O)N[C@@H](CCCNC(=N)N)C(=O)N[C@@H](C)C(=O)N[C@@H](C)C(=O)N[C@H](C(=O)N1CCC[C@H]1C(=O)NCC(=O)NCC(=O)NCC(=O)NCC(=O)N[C@@H](CCCNC(=N)N)C(=O)NCC(=O)N[C@@H](CC(=O)O)C(=O)O)C(C)C)C(C)C. The number of carbonyl (C=O) groups excluding carboxylic acids is 21. The van der Waals surface area contributed by atoms with Crippen LogP contribution >= 0.6 is 0 Å². The first-order valence-electron chi connectivity index (χ1n) is 44.9. The lowest BCUT2D eigenvalue weighted by atomic mass is 9.96. The molecule has 0 unspecified atom stereocenters. The van der Waals surface area contributed by atoms with Gasteiger partial charge in [0.2, 0.25) is 124 Å². The Morgan fingerprint density at radius 1 is 0.319 bits per heavy atom. The number of aliphatic carboxylic acids is 3. The molecule has 1 aliphatic heterocycles. The summed E-state index contributed by atoms with van der Waals surface area (Å²) in [6.45, 7) is 7.07. The molecule has 1 fully saturated rings. The zero-order valence-corrected chi connectivity index (χ0v) is 79.8. The topological polar surface area (TPSA) is 988 Å². The molecule has 61 nitrogen and oxygen atoms in total. The molecule has 0 spiro atoms. The number of nitrogens with two attached hydrogens (primary N) is 5. The lowest BCUT2D eigenvalue weighted by Crippen LogP contribution is -2.61. The molecule has 0 aliphatic carbocycles. The van der Waals surface area contributed by atoms with Crippen molar-refractivity contribution in [2.24, 2.45) is 46.4 Å². The van der Waals surface area contributed by atoms with Gasteiger partial charge in [-0.05, 0) is 103 Å². The largest absolute Gasteiger partial charge is 0.481 e. The monoisotopic (exact) mass is 2010 g/mol. The average molecular weight is 2010 g/mol. The third kappa shape index (κ3) is 51.4. The van der Waals surface area contributed by atoms with Gasteiger partial charge in [-0.1, -0.05) is 48.0 Å². The Kier molecular flexibility index (Phi) is 57.0. The Morgan fingerprint density at radius 3 is 0.993 bits per heavy atom. The summed E-state index contributed by atoms with van der Waals surface area (Å²) in [5.74, 6) is -28.4. The second kappa shape index (κ2) is 65.2. The lowest BCUT2D eigenvalue weighted by molar-refractivity contribution is -0.147.